The SMILES string of the molecule is CCC.CCC(C)=O.Cc1ccccc1. The van der Waals surface area contributed by atoms with Crippen molar-refractivity contribution in [2.45, 2.75) is 47.5 Å². The molecule has 0 saturated carbocycles. The molecule has 0 bridgehead atoms. The van der Waals surface area contributed by atoms with Crippen molar-refractivity contribution in [1.82, 2.24) is 0 Å². The summed E-state index contributed by atoms with van der Waals surface area (Å²) in [6.07, 6.45) is 1.92. The first-order valence-electron chi connectivity index (χ1n) is 5.59. The van der Waals surface area contributed by atoms with E-state index in [1.807, 2.05) is 25.1 Å². The van der Waals surface area contributed by atoms with Crippen LogP contribution in [0.25, 0.3) is 0 Å². The Hall–Kier alpha value is -1.11. The molecule has 1 aromatic carbocycles. The van der Waals surface area contributed by atoms with E-state index in [2.05, 4.69) is 32.9 Å². The Labute approximate surface area is 94.5 Å². The number of Topliss-reactive ketones (excluding diaryl/α,β-unsaturated/α-hetero) is 1. The van der Waals surface area contributed by atoms with Gasteiger partial charge in [0.05, 0.1) is 0 Å². The van der Waals surface area contributed by atoms with Crippen molar-refractivity contribution in [2.75, 3.05) is 0 Å². The summed E-state index contributed by atoms with van der Waals surface area (Å²) < 4.78 is 0. The van der Waals surface area contributed by atoms with Gasteiger partial charge in [0.25, 0.3) is 0 Å². The lowest BCUT2D eigenvalue weighted by molar-refractivity contribution is -0.116. The molecule has 0 fully saturated rings. The molecule has 0 amide bonds. The molecule has 0 spiro atoms. The Morgan fingerprint density at radius 1 is 1.07 bits per heavy atom. The Bertz CT molecular complexity index is 226. The molecule has 0 aliphatic rings. The number of rotatable bonds is 1. The number of benzene rings is 1. The molecule has 0 aliphatic carbocycles. The minimum absolute atomic E-state index is 0.255. The number of aryl methyl sites for hydroxylation is 1. The molecule has 0 saturated heterocycles. The Morgan fingerprint density at radius 3 is 1.53 bits per heavy atom. The normalized spacial score (nSPS) is 7.80. The summed E-state index contributed by atoms with van der Waals surface area (Å²) in [6.45, 7) is 9.77. The Balaban J connectivity index is 0. The topological polar surface area (TPSA) is 17.1 Å². The maximum Gasteiger partial charge on any atom is 0.129 e. The molecule has 1 nitrogen and oxygen atoms in total. The zero-order valence-corrected chi connectivity index (χ0v) is 10.7. The summed E-state index contributed by atoms with van der Waals surface area (Å²) in [5.41, 5.74) is 1.32. The van der Waals surface area contributed by atoms with Crippen LogP contribution in [-0.2, 0) is 4.79 Å². The van der Waals surface area contributed by atoms with Gasteiger partial charge in [-0.3, -0.25) is 0 Å². The number of hydrogen-bond acceptors (Lipinski definition) is 1. The fourth-order valence-electron chi connectivity index (χ4n) is 0.534. The predicted molar refractivity (Wildman–Crippen MR) is 68.1 cm³/mol. The number of carbonyl (C=O) groups is 1. The fourth-order valence-corrected chi connectivity index (χ4v) is 0.534. The quantitative estimate of drug-likeness (QED) is 0.668. The number of hydrogen-bond donors (Lipinski definition) is 0. The monoisotopic (exact) mass is 208 g/mol. The molecule has 1 heteroatoms. The molecule has 1 rings (SSSR count). The van der Waals surface area contributed by atoms with Gasteiger partial charge in [0.15, 0.2) is 0 Å². The largest absolute Gasteiger partial charge is 0.300 e. The fraction of sp³-hybridized carbons (Fsp3) is 0.500. The van der Waals surface area contributed by atoms with Gasteiger partial charge in [-0.1, -0.05) is 63.1 Å². The molecule has 0 aromatic heterocycles. The molecule has 0 atom stereocenters. The zero-order chi connectivity index (χ0) is 12.1. The van der Waals surface area contributed by atoms with Crippen LogP contribution in [-0.4, -0.2) is 5.78 Å². The second-order valence-corrected chi connectivity index (χ2v) is 3.42. The highest BCUT2D eigenvalue weighted by Crippen LogP contribution is 1.92. The van der Waals surface area contributed by atoms with Crippen LogP contribution in [0.15, 0.2) is 30.3 Å². The molecule has 15 heavy (non-hydrogen) atoms. The van der Waals surface area contributed by atoms with Crippen LogP contribution < -0.4 is 0 Å². The van der Waals surface area contributed by atoms with Crippen LogP contribution in [0, 0.1) is 6.92 Å². The highest BCUT2D eigenvalue weighted by atomic mass is 16.1. The van der Waals surface area contributed by atoms with E-state index in [1.165, 1.54) is 12.0 Å². The Kier molecular flexibility index (Phi) is 14.0. The van der Waals surface area contributed by atoms with E-state index in [4.69, 9.17) is 0 Å². The van der Waals surface area contributed by atoms with Crippen molar-refractivity contribution in [3.8, 4) is 0 Å². The minimum Gasteiger partial charge on any atom is -0.300 e. The number of carbonyl (C=O) groups excluding carboxylic acids is 1. The van der Waals surface area contributed by atoms with Gasteiger partial charge < -0.3 is 4.79 Å². The number of ketones is 1. The predicted octanol–water partition coefficient (Wildman–Crippen LogP) is 4.40. The third-order valence-corrected chi connectivity index (χ3v) is 1.44. The van der Waals surface area contributed by atoms with E-state index >= 15 is 0 Å². The third-order valence-electron chi connectivity index (χ3n) is 1.44. The van der Waals surface area contributed by atoms with Crippen LogP contribution >= 0.6 is 0 Å². The average molecular weight is 208 g/mol. The first-order chi connectivity index (χ1) is 7.08. The zero-order valence-electron chi connectivity index (χ0n) is 10.7. The van der Waals surface area contributed by atoms with Crippen LogP contribution in [0.5, 0.6) is 0 Å². The second kappa shape index (κ2) is 12.9. The summed E-state index contributed by atoms with van der Waals surface area (Å²) >= 11 is 0. The van der Waals surface area contributed by atoms with Crippen molar-refractivity contribution in [3.63, 3.8) is 0 Å². The van der Waals surface area contributed by atoms with Crippen LogP contribution in [0.3, 0.4) is 0 Å². The van der Waals surface area contributed by atoms with Crippen molar-refractivity contribution in [1.29, 1.82) is 0 Å². The van der Waals surface area contributed by atoms with Gasteiger partial charge in [-0.15, -0.1) is 0 Å². The lowest BCUT2D eigenvalue weighted by Crippen LogP contribution is -1.80. The maximum absolute atomic E-state index is 9.81. The lowest BCUT2D eigenvalue weighted by Gasteiger charge is -1.82. The van der Waals surface area contributed by atoms with Crippen molar-refractivity contribution < 1.29 is 4.79 Å². The third kappa shape index (κ3) is 19.3. The van der Waals surface area contributed by atoms with E-state index in [0.717, 1.165) is 0 Å². The smallest absolute Gasteiger partial charge is 0.129 e. The molecule has 0 aliphatic heterocycles. The molecule has 0 unspecified atom stereocenters. The highest BCUT2D eigenvalue weighted by Gasteiger charge is 1.76. The minimum atomic E-state index is 0.255. The van der Waals surface area contributed by atoms with Crippen molar-refractivity contribution in [2.24, 2.45) is 0 Å². The van der Waals surface area contributed by atoms with Crippen molar-refractivity contribution in [3.05, 3.63) is 35.9 Å². The Morgan fingerprint density at radius 2 is 1.40 bits per heavy atom. The van der Waals surface area contributed by atoms with E-state index < -0.39 is 0 Å². The molecule has 86 valence electrons. The first kappa shape index (κ1) is 16.3. The summed E-state index contributed by atoms with van der Waals surface area (Å²) in [5, 5.41) is 0. The van der Waals surface area contributed by atoms with Gasteiger partial charge in [0.2, 0.25) is 0 Å². The van der Waals surface area contributed by atoms with E-state index in [0.29, 0.717) is 6.42 Å². The highest BCUT2D eigenvalue weighted by molar-refractivity contribution is 5.74. The average Bonchev–Trinajstić information content (AvgIpc) is 2.21. The van der Waals surface area contributed by atoms with Crippen LogP contribution in [0.1, 0.15) is 46.1 Å². The summed E-state index contributed by atoms with van der Waals surface area (Å²) in [6, 6.07) is 10.3. The standard InChI is InChI=1S/C7H8.C4H8O.C3H8/c1-7-5-3-2-4-6-7;1-3-4(2)5;1-3-2/h2-6H,1H3;3H2,1-2H3;3H2,1-2H3. The van der Waals surface area contributed by atoms with Gasteiger partial charge in [-0.2, -0.15) is 0 Å². The van der Waals surface area contributed by atoms with Gasteiger partial charge in [-0.05, 0) is 13.8 Å². The van der Waals surface area contributed by atoms with Crippen LogP contribution in [0.2, 0.25) is 0 Å². The molecule has 0 N–H and O–H groups in total. The van der Waals surface area contributed by atoms with E-state index in [9.17, 15) is 4.79 Å². The summed E-state index contributed by atoms with van der Waals surface area (Å²) in [7, 11) is 0. The van der Waals surface area contributed by atoms with Gasteiger partial charge in [-0.25, -0.2) is 0 Å². The maximum atomic E-state index is 9.81. The molecule has 1 aromatic rings. The summed E-state index contributed by atoms with van der Waals surface area (Å²) in [4.78, 5) is 9.81. The van der Waals surface area contributed by atoms with E-state index in [-0.39, 0.29) is 5.78 Å². The van der Waals surface area contributed by atoms with Gasteiger partial charge >= 0.3 is 0 Å². The molecule has 0 radical (unpaired) electrons. The molecule has 0 heterocycles. The van der Waals surface area contributed by atoms with Crippen molar-refractivity contribution >= 4 is 5.78 Å². The van der Waals surface area contributed by atoms with Gasteiger partial charge in [0, 0.05) is 6.42 Å². The van der Waals surface area contributed by atoms with Gasteiger partial charge in [0.1, 0.15) is 5.78 Å². The lowest BCUT2D eigenvalue weighted by atomic mass is 10.2. The van der Waals surface area contributed by atoms with E-state index in [1.54, 1.807) is 6.92 Å². The second-order valence-electron chi connectivity index (χ2n) is 3.42. The molecular formula is C14H24O. The molecular weight excluding hydrogens is 184 g/mol. The van der Waals surface area contributed by atoms with Crippen LogP contribution in [0.4, 0.5) is 0 Å². The summed E-state index contributed by atoms with van der Waals surface area (Å²) in [5.74, 6) is 0.255. The first-order valence-corrected chi connectivity index (χ1v) is 5.59.